The van der Waals surface area contributed by atoms with Gasteiger partial charge in [-0.3, -0.25) is 4.99 Å². The van der Waals surface area contributed by atoms with Gasteiger partial charge in [-0.05, 0) is 36.6 Å². The van der Waals surface area contributed by atoms with E-state index in [4.69, 9.17) is 9.73 Å². The predicted molar refractivity (Wildman–Crippen MR) is 104 cm³/mol. The van der Waals surface area contributed by atoms with Gasteiger partial charge in [0.05, 0.1) is 24.8 Å². The van der Waals surface area contributed by atoms with E-state index in [0.717, 1.165) is 29.5 Å². The number of halogens is 3. The largest absolute Gasteiger partial charge is 0.497 e. The maximum Gasteiger partial charge on any atom is 0.391 e. The number of nitrogens with zero attached hydrogens (tertiary/aromatic N) is 1. The summed E-state index contributed by atoms with van der Waals surface area (Å²) in [5.74, 6) is 0.667. The average Bonchev–Trinajstić information content (AvgIpc) is 2.67. The number of rotatable bonds is 3. The summed E-state index contributed by atoms with van der Waals surface area (Å²) in [7, 11) is 1.59. The first-order chi connectivity index (χ1) is 13.3. The summed E-state index contributed by atoms with van der Waals surface area (Å²) in [6.45, 7) is 1.96. The van der Waals surface area contributed by atoms with Crippen molar-refractivity contribution in [3.63, 3.8) is 0 Å². The third kappa shape index (κ3) is 3.01. The molecule has 148 valence electrons. The zero-order valence-electron chi connectivity index (χ0n) is 16.1. The van der Waals surface area contributed by atoms with Crippen LogP contribution in [0.2, 0.25) is 0 Å². The van der Waals surface area contributed by atoms with Gasteiger partial charge in [-0.2, -0.15) is 13.2 Å². The van der Waals surface area contributed by atoms with Gasteiger partial charge in [0.2, 0.25) is 0 Å². The molecule has 0 saturated heterocycles. The first-order valence-electron chi connectivity index (χ1n) is 9.69. The van der Waals surface area contributed by atoms with Crippen LogP contribution in [0.3, 0.4) is 0 Å². The maximum atomic E-state index is 13.7. The Morgan fingerprint density at radius 3 is 2.43 bits per heavy atom. The molecule has 2 aromatic rings. The number of hydrogen-bond acceptors (Lipinski definition) is 2. The number of aliphatic imine (C=N–C) groups is 1. The molecule has 0 aromatic heterocycles. The van der Waals surface area contributed by atoms with Gasteiger partial charge in [0.15, 0.2) is 0 Å². The number of fused-ring (bicyclic) bond motifs is 3. The highest BCUT2D eigenvalue weighted by molar-refractivity contribution is 6.15. The van der Waals surface area contributed by atoms with Gasteiger partial charge < -0.3 is 4.74 Å². The molecule has 2 atom stereocenters. The molecular weight excluding hydrogens is 363 g/mol. The first kappa shape index (κ1) is 19.0. The number of methoxy groups -OCH3 is 1. The second-order valence-corrected chi connectivity index (χ2v) is 8.10. The van der Waals surface area contributed by atoms with Crippen molar-refractivity contribution < 1.29 is 17.9 Å². The summed E-state index contributed by atoms with van der Waals surface area (Å²) in [5.41, 5.74) is 1.47. The second kappa shape index (κ2) is 6.64. The minimum absolute atomic E-state index is 0.440. The predicted octanol–water partition coefficient (Wildman–Crippen LogP) is 6.07. The fourth-order valence-corrected chi connectivity index (χ4v) is 5.03. The standard InChI is InChI=1S/C23H24F3NO/c1-21-12-6-7-13-22(21,15-23(24,25)26)27-20(16-8-4-3-5-9-16)18-11-10-17(28-2)14-19(18)21/h3-5,8-11,14H,6-7,12-13,15H2,1-2H3. The van der Waals surface area contributed by atoms with Gasteiger partial charge >= 0.3 is 6.18 Å². The van der Waals surface area contributed by atoms with Crippen LogP contribution in [0.5, 0.6) is 5.75 Å². The van der Waals surface area contributed by atoms with Crippen LogP contribution in [0.15, 0.2) is 53.5 Å². The highest BCUT2D eigenvalue weighted by atomic mass is 19.4. The smallest absolute Gasteiger partial charge is 0.391 e. The molecule has 2 unspecified atom stereocenters. The molecule has 28 heavy (non-hydrogen) atoms. The van der Waals surface area contributed by atoms with E-state index >= 15 is 0 Å². The van der Waals surface area contributed by atoms with E-state index in [-0.39, 0.29) is 0 Å². The van der Waals surface area contributed by atoms with Crippen LogP contribution in [-0.4, -0.2) is 24.5 Å². The monoisotopic (exact) mass is 387 g/mol. The minimum atomic E-state index is -4.28. The Morgan fingerprint density at radius 2 is 1.75 bits per heavy atom. The maximum absolute atomic E-state index is 13.7. The molecule has 2 aliphatic rings. The zero-order valence-corrected chi connectivity index (χ0v) is 16.1. The molecule has 1 saturated carbocycles. The normalized spacial score (nSPS) is 26.8. The van der Waals surface area contributed by atoms with E-state index in [1.54, 1.807) is 7.11 Å². The SMILES string of the molecule is COc1ccc2c(c1)C1(C)CCCCC1(CC(F)(F)F)N=C2c1ccccc1. The van der Waals surface area contributed by atoms with Gasteiger partial charge in [0.1, 0.15) is 5.75 Å². The van der Waals surface area contributed by atoms with Gasteiger partial charge in [-0.1, -0.05) is 50.1 Å². The van der Waals surface area contributed by atoms with Gasteiger partial charge in [0, 0.05) is 16.5 Å². The van der Waals surface area contributed by atoms with E-state index in [2.05, 4.69) is 0 Å². The lowest BCUT2D eigenvalue weighted by atomic mass is 9.55. The Kier molecular flexibility index (Phi) is 4.52. The molecule has 0 spiro atoms. The lowest BCUT2D eigenvalue weighted by Crippen LogP contribution is -2.56. The molecule has 0 radical (unpaired) electrons. The highest BCUT2D eigenvalue weighted by Crippen LogP contribution is 2.56. The summed E-state index contributed by atoms with van der Waals surface area (Å²) in [6, 6.07) is 15.2. The number of alkyl halides is 3. The Bertz CT molecular complexity index is 906. The van der Waals surface area contributed by atoms with Gasteiger partial charge in [-0.25, -0.2) is 0 Å². The lowest BCUT2D eigenvalue weighted by molar-refractivity contribution is -0.156. The highest BCUT2D eigenvalue weighted by Gasteiger charge is 2.58. The van der Waals surface area contributed by atoms with Crippen LogP contribution >= 0.6 is 0 Å². The van der Waals surface area contributed by atoms with E-state index in [1.165, 1.54) is 0 Å². The van der Waals surface area contributed by atoms with E-state index in [0.29, 0.717) is 24.3 Å². The van der Waals surface area contributed by atoms with Gasteiger partial charge in [0.25, 0.3) is 0 Å². The molecule has 5 heteroatoms. The molecule has 0 amide bonds. The van der Waals surface area contributed by atoms with Crippen molar-refractivity contribution in [3.8, 4) is 5.75 Å². The average molecular weight is 387 g/mol. The summed E-state index contributed by atoms with van der Waals surface area (Å²) in [5, 5.41) is 0. The second-order valence-electron chi connectivity index (χ2n) is 8.10. The molecule has 1 heterocycles. The number of ether oxygens (including phenoxy) is 1. The Hall–Kier alpha value is -2.30. The molecule has 4 rings (SSSR count). The lowest BCUT2D eigenvalue weighted by Gasteiger charge is -2.53. The molecular formula is C23H24F3NO. The number of hydrogen-bond donors (Lipinski definition) is 0. The van der Waals surface area contributed by atoms with Crippen molar-refractivity contribution in [2.45, 2.75) is 56.2 Å². The minimum Gasteiger partial charge on any atom is -0.497 e. The van der Waals surface area contributed by atoms with Crippen LogP contribution in [0.1, 0.15) is 55.7 Å². The van der Waals surface area contributed by atoms with E-state index in [9.17, 15) is 13.2 Å². The molecule has 1 aliphatic heterocycles. The van der Waals surface area contributed by atoms with Crippen molar-refractivity contribution in [3.05, 3.63) is 65.2 Å². The van der Waals surface area contributed by atoms with Crippen molar-refractivity contribution >= 4 is 5.71 Å². The van der Waals surface area contributed by atoms with Crippen LogP contribution in [0.4, 0.5) is 13.2 Å². The molecule has 2 aromatic carbocycles. The van der Waals surface area contributed by atoms with Crippen molar-refractivity contribution in [1.82, 2.24) is 0 Å². The van der Waals surface area contributed by atoms with Crippen LogP contribution in [-0.2, 0) is 5.41 Å². The topological polar surface area (TPSA) is 21.6 Å². The van der Waals surface area contributed by atoms with Gasteiger partial charge in [-0.15, -0.1) is 0 Å². The molecule has 0 bridgehead atoms. The Balaban J connectivity index is 2.00. The molecule has 2 nitrogen and oxygen atoms in total. The summed E-state index contributed by atoms with van der Waals surface area (Å²) < 4.78 is 46.6. The van der Waals surface area contributed by atoms with Crippen LogP contribution in [0, 0.1) is 0 Å². The third-order valence-corrected chi connectivity index (χ3v) is 6.49. The number of benzene rings is 2. The van der Waals surface area contributed by atoms with Crippen molar-refractivity contribution in [2.24, 2.45) is 4.99 Å². The fourth-order valence-electron chi connectivity index (χ4n) is 5.03. The molecule has 0 N–H and O–H groups in total. The van der Waals surface area contributed by atoms with Crippen LogP contribution in [0.25, 0.3) is 0 Å². The van der Waals surface area contributed by atoms with Crippen molar-refractivity contribution in [2.75, 3.05) is 7.11 Å². The van der Waals surface area contributed by atoms with E-state index < -0.39 is 23.6 Å². The first-order valence-corrected chi connectivity index (χ1v) is 9.69. The quantitative estimate of drug-likeness (QED) is 0.626. The van der Waals surface area contributed by atoms with Crippen LogP contribution < -0.4 is 4.74 Å². The molecule has 1 fully saturated rings. The fraction of sp³-hybridized carbons (Fsp3) is 0.435. The summed E-state index contributed by atoms with van der Waals surface area (Å²) in [6.07, 6.45) is -2.38. The van der Waals surface area contributed by atoms with E-state index in [1.807, 2.05) is 55.5 Å². The third-order valence-electron chi connectivity index (χ3n) is 6.49. The summed E-state index contributed by atoms with van der Waals surface area (Å²) >= 11 is 0. The van der Waals surface area contributed by atoms with Crippen molar-refractivity contribution in [1.29, 1.82) is 0 Å². The summed E-state index contributed by atoms with van der Waals surface area (Å²) in [4.78, 5) is 4.92. The Labute approximate surface area is 163 Å². The zero-order chi connectivity index (χ0) is 20.0. The molecule has 1 aliphatic carbocycles. The Morgan fingerprint density at radius 1 is 1.04 bits per heavy atom.